The van der Waals surface area contributed by atoms with Crippen LogP contribution < -0.4 is 5.32 Å². The molecular formula is C9H14F3NO4S. The van der Waals surface area contributed by atoms with Crippen molar-refractivity contribution in [2.75, 3.05) is 18.3 Å². The smallest absolute Gasteiger partial charge is 0.411 e. The van der Waals surface area contributed by atoms with Gasteiger partial charge in [0.1, 0.15) is 12.6 Å². The van der Waals surface area contributed by atoms with Gasteiger partial charge in [-0.2, -0.15) is 13.2 Å². The van der Waals surface area contributed by atoms with Crippen LogP contribution in [-0.2, 0) is 14.3 Å². The highest BCUT2D eigenvalue weighted by Gasteiger charge is 2.27. The second-order valence-electron chi connectivity index (χ2n) is 3.37. The molecule has 0 saturated carbocycles. The number of nitrogens with one attached hydrogen (secondary N) is 1. The van der Waals surface area contributed by atoms with Crippen LogP contribution >= 0.6 is 11.8 Å². The Morgan fingerprint density at radius 1 is 1.44 bits per heavy atom. The average Bonchev–Trinajstić information content (AvgIpc) is 2.18. The molecule has 0 aromatic heterocycles. The van der Waals surface area contributed by atoms with Crippen molar-refractivity contribution in [2.24, 2.45) is 0 Å². The number of alkyl halides is 3. The topological polar surface area (TPSA) is 75.6 Å². The number of thioether (sulfide) groups is 1. The lowest BCUT2D eigenvalue weighted by Crippen LogP contribution is -2.39. The number of amides is 1. The zero-order valence-electron chi connectivity index (χ0n) is 9.62. The summed E-state index contributed by atoms with van der Waals surface area (Å²) in [5, 5.41) is 10.9. The van der Waals surface area contributed by atoms with E-state index < -0.39 is 30.7 Å². The van der Waals surface area contributed by atoms with Crippen LogP contribution in [0.5, 0.6) is 0 Å². The van der Waals surface area contributed by atoms with Gasteiger partial charge in [0, 0.05) is 6.92 Å². The molecular weight excluding hydrogens is 275 g/mol. The van der Waals surface area contributed by atoms with Crippen LogP contribution in [0, 0.1) is 0 Å². The summed E-state index contributed by atoms with van der Waals surface area (Å²) < 4.78 is 39.4. The standard InChI is InChI=1S/C9H14F3NO4S/c1-6(14)13-7(8(15)16)2-3-18-5-17-4-9(10,11)12/h7H,2-5H2,1H3,(H,13,14)(H,15,16). The van der Waals surface area contributed by atoms with Crippen molar-refractivity contribution in [1.82, 2.24) is 5.32 Å². The molecule has 0 aliphatic carbocycles. The predicted molar refractivity (Wildman–Crippen MR) is 59.2 cm³/mol. The lowest BCUT2D eigenvalue weighted by atomic mass is 10.2. The van der Waals surface area contributed by atoms with Crippen molar-refractivity contribution in [1.29, 1.82) is 0 Å². The molecule has 1 unspecified atom stereocenters. The fourth-order valence-corrected chi connectivity index (χ4v) is 1.70. The molecule has 0 heterocycles. The Morgan fingerprint density at radius 2 is 2.06 bits per heavy atom. The lowest BCUT2D eigenvalue weighted by Gasteiger charge is -2.12. The maximum Gasteiger partial charge on any atom is 0.411 e. The van der Waals surface area contributed by atoms with Gasteiger partial charge in [-0.1, -0.05) is 0 Å². The van der Waals surface area contributed by atoms with E-state index in [1.54, 1.807) is 0 Å². The lowest BCUT2D eigenvalue weighted by molar-refractivity contribution is -0.168. The largest absolute Gasteiger partial charge is 0.480 e. The van der Waals surface area contributed by atoms with Crippen LogP contribution in [0.25, 0.3) is 0 Å². The van der Waals surface area contributed by atoms with Crippen molar-refractivity contribution >= 4 is 23.6 Å². The van der Waals surface area contributed by atoms with Crippen LogP contribution in [0.1, 0.15) is 13.3 Å². The van der Waals surface area contributed by atoms with Gasteiger partial charge in [0.25, 0.3) is 0 Å². The molecule has 0 rings (SSSR count). The normalized spacial score (nSPS) is 13.1. The summed E-state index contributed by atoms with van der Waals surface area (Å²) in [5.41, 5.74) is 0. The highest BCUT2D eigenvalue weighted by molar-refractivity contribution is 7.99. The first kappa shape index (κ1) is 17.0. The van der Waals surface area contributed by atoms with Crippen LogP contribution in [0.3, 0.4) is 0 Å². The van der Waals surface area contributed by atoms with Crippen molar-refractivity contribution in [3.63, 3.8) is 0 Å². The van der Waals surface area contributed by atoms with E-state index in [4.69, 9.17) is 5.11 Å². The van der Waals surface area contributed by atoms with E-state index in [1.165, 1.54) is 6.92 Å². The monoisotopic (exact) mass is 289 g/mol. The zero-order chi connectivity index (χ0) is 14.2. The number of carbonyl (C=O) groups excluding carboxylic acids is 1. The number of aliphatic carboxylic acids is 1. The second kappa shape index (κ2) is 8.20. The summed E-state index contributed by atoms with van der Waals surface area (Å²) in [7, 11) is 0. The van der Waals surface area contributed by atoms with Crippen LogP contribution in [0.15, 0.2) is 0 Å². The van der Waals surface area contributed by atoms with Gasteiger partial charge >= 0.3 is 12.1 Å². The first-order chi connectivity index (χ1) is 8.22. The summed E-state index contributed by atoms with van der Waals surface area (Å²) >= 11 is 1.03. The van der Waals surface area contributed by atoms with Gasteiger partial charge in [-0.15, -0.1) is 11.8 Å². The third-order valence-corrected chi connectivity index (χ3v) is 2.52. The number of carbonyl (C=O) groups is 2. The first-order valence-corrected chi connectivity index (χ1v) is 6.10. The Morgan fingerprint density at radius 3 is 2.50 bits per heavy atom. The van der Waals surface area contributed by atoms with E-state index in [1.807, 2.05) is 0 Å². The molecule has 0 aromatic rings. The molecule has 2 N–H and O–H groups in total. The van der Waals surface area contributed by atoms with Crippen molar-refractivity contribution in [2.45, 2.75) is 25.6 Å². The molecule has 106 valence electrons. The summed E-state index contributed by atoms with van der Waals surface area (Å²) in [5.74, 6) is -1.55. The molecule has 0 aromatic carbocycles. The minimum atomic E-state index is -4.36. The number of carboxylic acids is 1. The van der Waals surface area contributed by atoms with Crippen molar-refractivity contribution in [3.8, 4) is 0 Å². The number of hydrogen-bond acceptors (Lipinski definition) is 4. The van der Waals surface area contributed by atoms with Gasteiger partial charge < -0.3 is 15.2 Å². The van der Waals surface area contributed by atoms with E-state index in [2.05, 4.69) is 10.1 Å². The van der Waals surface area contributed by atoms with E-state index in [9.17, 15) is 22.8 Å². The average molecular weight is 289 g/mol. The Balaban J connectivity index is 3.68. The summed E-state index contributed by atoms with van der Waals surface area (Å²) in [4.78, 5) is 21.4. The van der Waals surface area contributed by atoms with Gasteiger partial charge in [0.05, 0.1) is 5.94 Å². The summed E-state index contributed by atoms with van der Waals surface area (Å²) in [6.07, 6.45) is -4.24. The van der Waals surface area contributed by atoms with Gasteiger partial charge in [0.2, 0.25) is 5.91 Å². The van der Waals surface area contributed by atoms with Crippen LogP contribution in [-0.4, -0.2) is 47.5 Å². The van der Waals surface area contributed by atoms with Gasteiger partial charge in [0.15, 0.2) is 0 Å². The maximum absolute atomic E-state index is 11.7. The highest BCUT2D eigenvalue weighted by atomic mass is 32.2. The summed E-state index contributed by atoms with van der Waals surface area (Å²) in [6, 6.07) is -1.03. The first-order valence-electron chi connectivity index (χ1n) is 4.94. The minimum Gasteiger partial charge on any atom is -0.480 e. The van der Waals surface area contributed by atoms with Gasteiger partial charge in [-0.3, -0.25) is 4.79 Å². The SMILES string of the molecule is CC(=O)NC(CCSCOCC(F)(F)F)C(=O)O. The number of carboxylic acid groups (broad SMARTS) is 1. The molecule has 1 atom stereocenters. The fraction of sp³-hybridized carbons (Fsp3) is 0.778. The van der Waals surface area contributed by atoms with E-state index in [0.717, 1.165) is 11.8 Å². The molecule has 18 heavy (non-hydrogen) atoms. The minimum absolute atomic E-state index is 0.120. The molecule has 0 spiro atoms. The van der Waals surface area contributed by atoms with E-state index in [0.29, 0.717) is 0 Å². The van der Waals surface area contributed by atoms with E-state index in [-0.39, 0.29) is 18.1 Å². The third kappa shape index (κ3) is 10.2. The second-order valence-corrected chi connectivity index (χ2v) is 4.42. The Labute approximate surface area is 106 Å². The van der Waals surface area contributed by atoms with Gasteiger partial charge in [-0.05, 0) is 12.2 Å². The van der Waals surface area contributed by atoms with Crippen molar-refractivity contribution in [3.05, 3.63) is 0 Å². The highest BCUT2D eigenvalue weighted by Crippen LogP contribution is 2.15. The molecule has 5 nitrogen and oxygen atoms in total. The number of halogens is 3. The maximum atomic E-state index is 11.7. The molecule has 0 aliphatic heterocycles. The third-order valence-electron chi connectivity index (χ3n) is 1.66. The number of hydrogen-bond donors (Lipinski definition) is 2. The van der Waals surface area contributed by atoms with Crippen LogP contribution in [0.4, 0.5) is 13.2 Å². The Kier molecular flexibility index (Phi) is 7.76. The number of ether oxygens (including phenoxy) is 1. The Hall–Kier alpha value is -0.960. The number of rotatable bonds is 8. The zero-order valence-corrected chi connectivity index (χ0v) is 10.4. The molecule has 1 amide bonds. The molecule has 0 bridgehead atoms. The summed E-state index contributed by atoms with van der Waals surface area (Å²) in [6.45, 7) is -0.135. The molecule has 0 aliphatic rings. The molecule has 0 saturated heterocycles. The fourth-order valence-electron chi connectivity index (χ4n) is 0.979. The van der Waals surface area contributed by atoms with E-state index >= 15 is 0 Å². The molecule has 0 radical (unpaired) electrons. The Bertz CT molecular complexity index is 285. The van der Waals surface area contributed by atoms with Crippen LogP contribution in [0.2, 0.25) is 0 Å². The molecule has 0 fully saturated rings. The quantitative estimate of drug-likeness (QED) is 0.519. The molecule has 9 heteroatoms. The predicted octanol–water partition coefficient (Wildman–Crippen LogP) is 1.24. The van der Waals surface area contributed by atoms with Crippen molar-refractivity contribution < 1.29 is 32.6 Å². The van der Waals surface area contributed by atoms with Gasteiger partial charge in [-0.25, -0.2) is 4.79 Å².